The minimum absolute atomic E-state index is 0. The van der Waals surface area contributed by atoms with Crippen molar-refractivity contribution in [3.05, 3.63) is 22.4 Å². The van der Waals surface area contributed by atoms with Crippen molar-refractivity contribution in [2.24, 2.45) is 10.9 Å². The van der Waals surface area contributed by atoms with Gasteiger partial charge in [-0.3, -0.25) is 9.89 Å². The van der Waals surface area contributed by atoms with E-state index in [9.17, 15) is 5.11 Å². The summed E-state index contributed by atoms with van der Waals surface area (Å²) in [6.45, 7) is 8.48. The van der Waals surface area contributed by atoms with Gasteiger partial charge in [0.1, 0.15) is 0 Å². The van der Waals surface area contributed by atoms with Crippen LogP contribution in [0.3, 0.4) is 0 Å². The minimum Gasteiger partial charge on any atom is -0.393 e. The van der Waals surface area contributed by atoms with Crippen molar-refractivity contribution in [3.63, 3.8) is 0 Å². The van der Waals surface area contributed by atoms with Gasteiger partial charge in [-0.25, -0.2) is 0 Å². The third-order valence-electron chi connectivity index (χ3n) is 5.93. The Morgan fingerprint density at radius 3 is 2.57 bits per heavy atom. The van der Waals surface area contributed by atoms with Gasteiger partial charge in [-0.1, -0.05) is 13.0 Å². The monoisotopic (exact) mass is 520 g/mol. The van der Waals surface area contributed by atoms with E-state index in [-0.39, 0.29) is 30.1 Å². The van der Waals surface area contributed by atoms with E-state index in [1.165, 1.54) is 30.8 Å². The van der Waals surface area contributed by atoms with Crippen molar-refractivity contribution in [3.8, 4) is 0 Å². The number of likely N-dealkylation sites (tertiary alicyclic amines) is 1. The number of aliphatic hydroxyl groups is 1. The average Bonchev–Trinajstić information content (AvgIpc) is 3.20. The molecule has 1 atom stereocenters. The van der Waals surface area contributed by atoms with Crippen LogP contribution in [0.5, 0.6) is 0 Å². The molecule has 1 saturated carbocycles. The molecular formula is C21H37IN4OS. The Bertz CT molecular complexity index is 567. The molecule has 1 aliphatic heterocycles. The van der Waals surface area contributed by atoms with Gasteiger partial charge in [-0.05, 0) is 75.9 Å². The minimum atomic E-state index is -0.118. The number of piperidine rings is 1. The van der Waals surface area contributed by atoms with Crippen molar-refractivity contribution in [1.29, 1.82) is 0 Å². The highest BCUT2D eigenvalue weighted by atomic mass is 127. The molecule has 1 aromatic rings. The Morgan fingerprint density at radius 2 is 1.96 bits per heavy atom. The van der Waals surface area contributed by atoms with E-state index in [4.69, 9.17) is 4.99 Å². The molecule has 160 valence electrons. The fraction of sp³-hybridized carbons (Fsp3) is 0.762. The first kappa shape index (κ1) is 23.9. The molecule has 5 nitrogen and oxygen atoms in total. The number of aliphatic hydroxyl groups excluding tert-OH is 1. The van der Waals surface area contributed by atoms with Crippen molar-refractivity contribution in [2.45, 2.75) is 70.6 Å². The standard InChI is InChI=1S/C21H36N4OS.HI/c1-3-22-21(24-17-6-8-18(26)9-7-17)23-15-19(20-5-4-14-27-20)25-12-10-16(2)11-13-25;/h4-5,14,16-19,26H,3,6-13,15H2,1-2H3,(H2,22,23,24);1H. The average molecular weight is 521 g/mol. The molecule has 7 heteroatoms. The largest absolute Gasteiger partial charge is 0.393 e. The summed E-state index contributed by atoms with van der Waals surface area (Å²) in [6.07, 6.45) is 6.27. The molecule has 0 aromatic carbocycles. The highest BCUT2D eigenvalue weighted by Crippen LogP contribution is 2.29. The first-order valence-electron chi connectivity index (χ1n) is 10.7. The number of guanidine groups is 1. The van der Waals surface area contributed by atoms with Gasteiger partial charge in [0.25, 0.3) is 0 Å². The first-order chi connectivity index (χ1) is 13.2. The van der Waals surface area contributed by atoms with Gasteiger partial charge in [0.05, 0.1) is 18.7 Å². The lowest BCUT2D eigenvalue weighted by Gasteiger charge is -2.36. The molecule has 0 bridgehead atoms. The van der Waals surface area contributed by atoms with E-state index in [0.717, 1.165) is 50.7 Å². The molecule has 0 spiro atoms. The number of halogens is 1. The molecule has 1 aromatic heterocycles. The summed E-state index contributed by atoms with van der Waals surface area (Å²) in [6, 6.07) is 5.20. The van der Waals surface area contributed by atoms with E-state index in [2.05, 4.69) is 46.9 Å². The number of nitrogens with one attached hydrogen (secondary N) is 2. The predicted octanol–water partition coefficient (Wildman–Crippen LogP) is 4.00. The second kappa shape index (κ2) is 12.3. The maximum atomic E-state index is 9.73. The summed E-state index contributed by atoms with van der Waals surface area (Å²) in [5.74, 6) is 1.76. The third kappa shape index (κ3) is 7.15. The lowest BCUT2D eigenvalue weighted by Crippen LogP contribution is -2.46. The summed E-state index contributed by atoms with van der Waals surface area (Å²) in [4.78, 5) is 9.02. The number of hydrogen-bond donors (Lipinski definition) is 3. The van der Waals surface area contributed by atoms with Gasteiger partial charge < -0.3 is 15.7 Å². The van der Waals surface area contributed by atoms with Crippen LogP contribution >= 0.6 is 35.3 Å². The molecule has 2 heterocycles. The molecule has 0 radical (unpaired) electrons. The zero-order chi connectivity index (χ0) is 19.1. The molecule has 2 aliphatic rings. The Hall–Kier alpha value is -0.380. The molecule has 2 fully saturated rings. The number of aliphatic imine (C=N–C) groups is 1. The van der Waals surface area contributed by atoms with Gasteiger partial charge in [0, 0.05) is 17.5 Å². The van der Waals surface area contributed by atoms with Gasteiger partial charge in [-0.2, -0.15) is 0 Å². The van der Waals surface area contributed by atoms with Crippen LogP contribution in [-0.4, -0.2) is 54.3 Å². The lowest BCUT2D eigenvalue weighted by atomic mass is 9.93. The number of nitrogens with zero attached hydrogens (tertiary/aromatic N) is 2. The highest BCUT2D eigenvalue weighted by Gasteiger charge is 2.26. The molecule has 1 aliphatic carbocycles. The summed E-state index contributed by atoms with van der Waals surface area (Å²) in [5.41, 5.74) is 0. The van der Waals surface area contributed by atoms with Gasteiger partial charge in [-0.15, -0.1) is 35.3 Å². The van der Waals surface area contributed by atoms with E-state index in [1.54, 1.807) is 0 Å². The zero-order valence-corrected chi connectivity index (χ0v) is 20.4. The van der Waals surface area contributed by atoms with E-state index >= 15 is 0 Å². The fourth-order valence-corrected chi connectivity index (χ4v) is 4.97. The second-order valence-corrected chi connectivity index (χ2v) is 9.10. The zero-order valence-electron chi connectivity index (χ0n) is 17.3. The predicted molar refractivity (Wildman–Crippen MR) is 130 cm³/mol. The van der Waals surface area contributed by atoms with Crippen molar-refractivity contribution < 1.29 is 5.11 Å². The highest BCUT2D eigenvalue weighted by molar-refractivity contribution is 14.0. The Labute approximate surface area is 191 Å². The van der Waals surface area contributed by atoms with E-state index in [0.29, 0.717) is 12.1 Å². The normalized spacial score (nSPS) is 25.8. The summed E-state index contributed by atoms with van der Waals surface area (Å²) in [5, 5.41) is 18.9. The van der Waals surface area contributed by atoms with Gasteiger partial charge >= 0.3 is 0 Å². The molecule has 3 N–H and O–H groups in total. The maximum Gasteiger partial charge on any atom is 0.191 e. The van der Waals surface area contributed by atoms with Crippen molar-refractivity contribution >= 4 is 41.3 Å². The van der Waals surface area contributed by atoms with Gasteiger partial charge in [0.2, 0.25) is 0 Å². The Morgan fingerprint density at radius 1 is 1.25 bits per heavy atom. The van der Waals surface area contributed by atoms with Crippen LogP contribution in [0.2, 0.25) is 0 Å². The van der Waals surface area contributed by atoms with Crippen molar-refractivity contribution in [2.75, 3.05) is 26.2 Å². The fourth-order valence-electron chi connectivity index (χ4n) is 4.12. The summed E-state index contributed by atoms with van der Waals surface area (Å²) >= 11 is 1.85. The van der Waals surface area contributed by atoms with Crippen molar-refractivity contribution in [1.82, 2.24) is 15.5 Å². The number of hydrogen-bond acceptors (Lipinski definition) is 4. The van der Waals surface area contributed by atoms with Crippen LogP contribution in [0, 0.1) is 5.92 Å². The SMILES string of the molecule is CCNC(=NCC(c1cccs1)N1CCC(C)CC1)NC1CCC(O)CC1.I. The quantitative estimate of drug-likeness (QED) is 0.302. The molecule has 28 heavy (non-hydrogen) atoms. The third-order valence-corrected chi connectivity index (χ3v) is 6.91. The van der Waals surface area contributed by atoms with E-state index in [1.807, 2.05) is 11.3 Å². The maximum absolute atomic E-state index is 9.73. The number of thiophene rings is 1. The van der Waals surface area contributed by atoms with Crippen LogP contribution in [0.4, 0.5) is 0 Å². The second-order valence-electron chi connectivity index (χ2n) is 8.12. The Kier molecular flexibility index (Phi) is 10.5. The summed E-state index contributed by atoms with van der Waals surface area (Å²) < 4.78 is 0. The number of rotatable bonds is 6. The Balaban J connectivity index is 0.00000280. The molecule has 3 rings (SSSR count). The van der Waals surface area contributed by atoms with Gasteiger partial charge in [0.15, 0.2) is 5.96 Å². The van der Waals surface area contributed by atoms with Crippen LogP contribution in [0.15, 0.2) is 22.5 Å². The topological polar surface area (TPSA) is 59.9 Å². The first-order valence-corrected chi connectivity index (χ1v) is 11.5. The van der Waals surface area contributed by atoms with E-state index < -0.39 is 0 Å². The van der Waals surface area contributed by atoms with Crippen LogP contribution in [0.1, 0.15) is 63.3 Å². The van der Waals surface area contributed by atoms with Crippen LogP contribution in [-0.2, 0) is 0 Å². The lowest BCUT2D eigenvalue weighted by molar-refractivity contribution is 0.120. The molecular weight excluding hydrogens is 483 g/mol. The molecule has 1 saturated heterocycles. The molecule has 0 amide bonds. The summed E-state index contributed by atoms with van der Waals surface area (Å²) in [7, 11) is 0. The smallest absolute Gasteiger partial charge is 0.191 e. The molecule has 1 unspecified atom stereocenters. The van der Waals surface area contributed by atoms with Crippen LogP contribution in [0.25, 0.3) is 0 Å². The van der Waals surface area contributed by atoms with Crippen LogP contribution < -0.4 is 10.6 Å².